The van der Waals surface area contributed by atoms with Crippen molar-refractivity contribution < 1.29 is 9.59 Å². The first kappa shape index (κ1) is 38.1. The highest BCUT2D eigenvalue weighted by Crippen LogP contribution is 2.35. The Kier molecular flexibility index (Phi) is 11.9. The summed E-state index contributed by atoms with van der Waals surface area (Å²) in [4.78, 5) is 38.3. The molecule has 1 atom stereocenters. The van der Waals surface area contributed by atoms with Crippen LogP contribution in [0, 0.1) is 0 Å². The number of halogens is 3. The highest BCUT2D eigenvalue weighted by Gasteiger charge is 2.34. The van der Waals surface area contributed by atoms with Gasteiger partial charge in [-0.3, -0.25) is 19.4 Å². The Labute approximate surface area is 328 Å². The van der Waals surface area contributed by atoms with Crippen molar-refractivity contribution in [2.24, 2.45) is 0 Å². The number of para-hydroxylation sites is 3. The molecule has 0 aliphatic carbocycles. The predicted octanol–water partition coefficient (Wildman–Crippen LogP) is 8.92. The van der Waals surface area contributed by atoms with Crippen LogP contribution < -0.4 is 4.90 Å². The van der Waals surface area contributed by atoms with Crippen molar-refractivity contribution in [3.63, 3.8) is 0 Å². The summed E-state index contributed by atoms with van der Waals surface area (Å²) in [5.74, 6) is -0.215. The third kappa shape index (κ3) is 7.72. The lowest BCUT2D eigenvalue weighted by Gasteiger charge is -2.41. The first-order chi connectivity index (χ1) is 24.9. The van der Waals surface area contributed by atoms with E-state index >= 15 is 0 Å². The van der Waals surface area contributed by atoms with E-state index in [0.717, 1.165) is 61.4 Å². The molecule has 1 aromatic heterocycles. The van der Waals surface area contributed by atoms with Gasteiger partial charge in [0, 0.05) is 73.3 Å². The Morgan fingerprint density at radius 2 is 1.32 bits per heavy atom. The summed E-state index contributed by atoms with van der Waals surface area (Å²) in [6, 6.07) is 41.2. The van der Waals surface area contributed by atoms with E-state index in [0.29, 0.717) is 28.4 Å². The fourth-order valence-corrected chi connectivity index (χ4v) is 7.73. The zero-order chi connectivity index (χ0) is 34.9. The van der Waals surface area contributed by atoms with Gasteiger partial charge in [0.1, 0.15) is 0 Å². The normalized spacial score (nSPS) is 16.0. The minimum Gasteiger partial charge on any atom is -0.330 e. The molecule has 10 heteroatoms. The summed E-state index contributed by atoms with van der Waals surface area (Å²) < 4.78 is 1.96. The van der Waals surface area contributed by atoms with Crippen molar-refractivity contribution in [1.29, 1.82) is 0 Å². The maximum Gasteiger partial charge on any atom is 0.265 e. The maximum atomic E-state index is 14.9. The van der Waals surface area contributed by atoms with Crippen molar-refractivity contribution >= 4 is 70.5 Å². The quantitative estimate of drug-likeness (QED) is 0.163. The van der Waals surface area contributed by atoms with E-state index in [-0.39, 0.29) is 42.7 Å². The average Bonchev–Trinajstić information content (AvgIpc) is 3.56. The van der Waals surface area contributed by atoms with Crippen LogP contribution in [0.15, 0.2) is 134 Å². The molecular formula is C43H42Cl3N5O2. The number of fused-ring (bicyclic) bond motifs is 2. The molecule has 2 aliphatic heterocycles. The number of rotatable bonds is 7. The largest absolute Gasteiger partial charge is 0.330 e. The minimum atomic E-state index is -0.169. The van der Waals surface area contributed by atoms with E-state index in [1.807, 2.05) is 108 Å². The second-order valence-electron chi connectivity index (χ2n) is 13.6. The molecular weight excluding hydrogens is 725 g/mol. The van der Waals surface area contributed by atoms with Gasteiger partial charge in [0.2, 0.25) is 0 Å². The van der Waals surface area contributed by atoms with Gasteiger partial charge >= 0.3 is 0 Å². The van der Waals surface area contributed by atoms with Gasteiger partial charge in [0.25, 0.3) is 11.8 Å². The lowest BCUT2D eigenvalue weighted by atomic mass is 9.92. The van der Waals surface area contributed by atoms with E-state index in [4.69, 9.17) is 11.6 Å². The third-order valence-corrected chi connectivity index (χ3v) is 10.5. The zero-order valence-corrected chi connectivity index (χ0v) is 31.9. The number of nitrogens with zero attached hydrogens (tertiary/aromatic N) is 5. The fraction of sp³-hybridized carbons (Fsp3) is 0.209. The average molecular weight is 767 g/mol. The van der Waals surface area contributed by atoms with Crippen LogP contribution in [0.3, 0.4) is 0 Å². The van der Waals surface area contributed by atoms with E-state index in [2.05, 4.69) is 46.0 Å². The summed E-state index contributed by atoms with van der Waals surface area (Å²) in [5.41, 5.74) is 6.54. The van der Waals surface area contributed by atoms with Crippen LogP contribution in [-0.4, -0.2) is 76.9 Å². The molecule has 0 spiro atoms. The third-order valence-electron chi connectivity index (χ3n) is 10.3. The summed E-state index contributed by atoms with van der Waals surface area (Å²) in [5, 5.41) is 1.30. The monoisotopic (exact) mass is 765 g/mol. The standard InChI is InChI=1S/C43H40ClN5O2.2ClH/c1-45-22-24-46(25-23-45)29-36-26-31-12-8-9-13-32(31)28-47(36)42(50)38-21-20-33(44)27-41(38)48-30-39(37-18-10-11-19-40(37)48)43(51)49(34-14-4-2-5-15-34)35-16-6-3-7-17-35;;/h2-21,27,30,36H,22-26,28-29H2,1H3;2*1H/t36-;;/m0../s1. The number of carbonyl (C=O) groups excluding carboxylic acids is 2. The Morgan fingerprint density at radius 1 is 0.717 bits per heavy atom. The molecule has 0 bridgehead atoms. The van der Waals surface area contributed by atoms with Gasteiger partial charge in [-0.1, -0.05) is 90.5 Å². The van der Waals surface area contributed by atoms with Gasteiger partial charge in [0.15, 0.2) is 0 Å². The molecule has 1 saturated heterocycles. The number of aromatic nitrogens is 1. The molecule has 3 heterocycles. The van der Waals surface area contributed by atoms with E-state index in [9.17, 15) is 9.59 Å². The summed E-state index contributed by atoms with van der Waals surface area (Å²) in [6.07, 6.45) is 2.67. The molecule has 0 N–H and O–H groups in total. The SMILES string of the molecule is CN1CCN(C[C@@H]2Cc3ccccc3CN2C(=O)c2ccc(Cl)cc2-n2cc(C(=O)N(c3ccccc3)c3ccccc3)c3ccccc32)CC1.Cl.Cl. The van der Waals surface area contributed by atoms with Crippen LogP contribution in [0.5, 0.6) is 0 Å². The van der Waals surface area contributed by atoms with Crippen molar-refractivity contribution in [2.45, 2.75) is 19.0 Å². The van der Waals surface area contributed by atoms with Gasteiger partial charge in [-0.2, -0.15) is 0 Å². The highest BCUT2D eigenvalue weighted by atomic mass is 35.5. The van der Waals surface area contributed by atoms with Crippen LogP contribution in [0.1, 0.15) is 31.8 Å². The zero-order valence-electron chi connectivity index (χ0n) is 29.5. The van der Waals surface area contributed by atoms with Gasteiger partial charge in [-0.15, -0.1) is 24.8 Å². The molecule has 1 fully saturated rings. The van der Waals surface area contributed by atoms with E-state index in [1.54, 1.807) is 11.0 Å². The second kappa shape index (κ2) is 16.6. The van der Waals surface area contributed by atoms with Crippen LogP contribution in [0.25, 0.3) is 16.6 Å². The number of benzene rings is 5. The molecule has 53 heavy (non-hydrogen) atoms. The molecule has 0 unspecified atom stereocenters. The number of amides is 2. The minimum absolute atomic E-state index is 0. The predicted molar refractivity (Wildman–Crippen MR) is 220 cm³/mol. The molecule has 2 amide bonds. The summed E-state index contributed by atoms with van der Waals surface area (Å²) in [6.45, 7) is 5.36. The van der Waals surface area contributed by atoms with Crippen molar-refractivity contribution in [3.05, 3.63) is 161 Å². The van der Waals surface area contributed by atoms with Gasteiger partial charge < -0.3 is 14.4 Å². The molecule has 7 nitrogen and oxygen atoms in total. The van der Waals surface area contributed by atoms with E-state index in [1.165, 1.54) is 11.1 Å². The number of hydrogen-bond acceptors (Lipinski definition) is 4. The van der Waals surface area contributed by atoms with Gasteiger partial charge in [-0.05, 0) is 73.1 Å². The topological polar surface area (TPSA) is 52.0 Å². The number of anilines is 2. The summed E-state index contributed by atoms with van der Waals surface area (Å²) >= 11 is 6.70. The number of hydrogen-bond donors (Lipinski definition) is 0. The molecule has 0 radical (unpaired) electrons. The van der Waals surface area contributed by atoms with Crippen LogP contribution in [0.2, 0.25) is 5.02 Å². The number of likely N-dealkylation sites (N-methyl/N-ethyl adjacent to an activating group) is 1. The molecule has 8 rings (SSSR count). The number of carbonyl (C=O) groups is 2. The maximum absolute atomic E-state index is 14.9. The molecule has 272 valence electrons. The highest BCUT2D eigenvalue weighted by molar-refractivity contribution is 6.31. The van der Waals surface area contributed by atoms with Crippen molar-refractivity contribution in [1.82, 2.24) is 19.3 Å². The fourth-order valence-electron chi connectivity index (χ4n) is 7.56. The lowest BCUT2D eigenvalue weighted by molar-refractivity contribution is 0.0536. The van der Waals surface area contributed by atoms with Crippen LogP contribution in [-0.2, 0) is 13.0 Å². The number of piperazine rings is 1. The second-order valence-corrected chi connectivity index (χ2v) is 14.0. The molecule has 5 aromatic carbocycles. The van der Waals surface area contributed by atoms with Gasteiger partial charge in [0.05, 0.1) is 22.3 Å². The first-order valence-corrected chi connectivity index (χ1v) is 18.0. The Bertz CT molecular complexity index is 2160. The van der Waals surface area contributed by atoms with Crippen LogP contribution in [0.4, 0.5) is 11.4 Å². The van der Waals surface area contributed by atoms with Crippen molar-refractivity contribution in [3.8, 4) is 5.69 Å². The Morgan fingerprint density at radius 3 is 2.00 bits per heavy atom. The molecule has 6 aromatic rings. The van der Waals surface area contributed by atoms with Gasteiger partial charge in [-0.25, -0.2) is 0 Å². The van der Waals surface area contributed by atoms with Crippen LogP contribution >= 0.6 is 36.4 Å². The van der Waals surface area contributed by atoms with E-state index < -0.39 is 0 Å². The Balaban J connectivity index is 0.00000240. The Hall–Kier alpha value is -4.63. The smallest absolute Gasteiger partial charge is 0.265 e. The first-order valence-electron chi connectivity index (χ1n) is 17.6. The lowest BCUT2D eigenvalue weighted by Crippen LogP contribution is -2.53. The van der Waals surface area contributed by atoms with Crippen molar-refractivity contribution in [2.75, 3.05) is 44.7 Å². The molecule has 2 aliphatic rings. The molecule has 0 saturated carbocycles. The summed E-state index contributed by atoms with van der Waals surface area (Å²) in [7, 11) is 2.16.